The van der Waals surface area contributed by atoms with Crippen LogP contribution in [-0.4, -0.2) is 43.7 Å². The van der Waals surface area contributed by atoms with Gasteiger partial charge in [-0.1, -0.05) is 6.07 Å². The minimum atomic E-state index is -0.0394. The second-order valence-corrected chi connectivity index (χ2v) is 6.81. The van der Waals surface area contributed by atoms with Gasteiger partial charge in [0.2, 0.25) is 0 Å². The smallest absolute Gasteiger partial charge is 0.318 e. The van der Waals surface area contributed by atoms with E-state index >= 15 is 0 Å². The number of hydrogen-bond donors (Lipinski definition) is 1. The van der Waals surface area contributed by atoms with Crippen LogP contribution in [0.4, 0.5) is 4.79 Å². The Hall–Kier alpha value is -2.02. The number of hydrogen-bond acceptors (Lipinski definition) is 4. The van der Waals surface area contributed by atoms with Gasteiger partial charge < -0.3 is 10.2 Å². The summed E-state index contributed by atoms with van der Waals surface area (Å²) in [6.07, 6.45) is 3.83. The van der Waals surface area contributed by atoms with Gasteiger partial charge in [-0.15, -0.1) is 0 Å². The molecule has 2 amide bonds. The summed E-state index contributed by atoms with van der Waals surface area (Å²) in [5.41, 5.74) is 2.92. The molecule has 0 aromatic carbocycles. The lowest BCUT2D eigenvalue weighted by molar-refractivity contribution is 0.182. The number of rotatable bonds is 3. The molecule has 1 fully saturated rings. The van der Waals surface area contributed by atoms with Crippen molar-refractivity contribution in [2.24, 2.45) is 7.05 Å². The van der Waals surface area contributed by atoms with Crippen LogP contribution >= 0.6 is 11.8 Å². The highest BCUT2D eigenvalue weighted by atomic mass is 32.2. The molecule has 2 aromatic rings. The van der Waals surface area contributed by atoms with Gasteiger partial charge in [-0.3, -0.25) is 9.67 Å². The SMILES string of the molecule is Cc1cccc(CNC(=O)N2CCSC[C@@H]2c2cnn(C)c2)n1. The molecule has 0 unspecified atom stereocenters. The van der Waals surface area contributed by atoms with E-state index in [0.717, 1.165) is 35.0 Å². The zero-order valence-corrected chi connectivity index (χ0v) is 14.2. The monoisotopic (exact) mass is 331 g/mol. The normalized spacial score (nSPS) is 18.0. The Labute approximate surface area is 140 Å². The van der Waals surface area contributed by atoms with E-state index in [1.54, 1.807) is 4.68 Å². The Morgan fingerprint density at radius 2 is 2.35 bits per heavy atom. The molecule has 1 saturated heterocycles. The maximum Gasteiger partial charge on any atom is 0.318 e. The molecule has 7 heteroatoms. The number of pyridine rings is 1. The highest BCUT2D eigenvalue weighted by molar-refractivity contribution is 7.99. The van der Waals surface area contributed by atoms with Crippen LogP contribution in [0.5, 0.6) is 0 Å². The number of carbonyl (C=O) groups excluding carboxylic acids is 1. The molecular formula is C16H21N5OS. The average Bonchev–Trinajstić information content (AvgIpc) is 2.99. The van der Waals surface area contributed by atoms with Crippen molar-refractivity contribution in [1.82, 2.24) is 25.0 Å². The molecule has 6 nitrogen and oxygen atoms in total. The van der Waals surface area contributed by atoms with E-state index in [1.807, 2.05) is 61.2 Å². The van der Waals surface area contributed by atoms with Gasteiger partial charge in [-0.2, -0.15) is 16.9 Å². The summed E-state index contributed by atoms with van der Waals surface area (Å²) in [7, 11) is 1.90. The van der Waals surface area contributed by atoms with Gasteiger partial charge in [-0.05, 0) is 19.1 Å². The largest absolute Gasteiger partial charge is 0.332 e. The zero-order valence-electron chi connectivity index (χ0n) is 13.4. The summed E-state index contributed by atoms with van der Waals surface area (Å²) < 4.78 is 1.78. The molecule has 2 aromatic heterocycles. The van der Waals surface area contributed by atoms with Crippen LogP contribution in [0.25, 0.3) is 0 Å². The Morgan fingerprint density at radius 1 is 1.48 bits per heavy atom. The van der Waals surface area contributed by atoms with Crippen LogP contribution in [0.3, 0.4) is 0 Å². The Bertz CT molecular complexity index is 687. The first kappa shape index (κ1) is 15.9. The number of nitrogens with one attached hydrogen (secondary N) is 1. The number of amides is 2. The minimum Gasteiger partial charge on any atom is -0.332 e. The van der Waals surface area contributed by atoms with Crippen LogP contribution in [0.2, 0.25) is 0 Å². The molecule has 1 N–H and O–H groups in total. The minimum absolute atomic E-state index is 0.0394. The van der Waals surface area contributed by atoms with Gasteiger partial charge in [0, 0.05) is 42.6 Å². The van der Waals surface area contributed by atoms with Crippen molar-refractivity contribution < 1.29 is 4.79 Å². The van der Waals surface area contributed by atoms with Crippen molar-refractivity contribution in [2.75, 3.05) is 18.1 Å². The van der Waals surface area contributed by atoms with E-state index in [2.05, 4.69) is 15.4 Å². The van der Waals surface area contributed by atoms with E-state index in [0.29, 0.717) is 6.54 Å². The fraction of sp³-hybridized carbons (Fsp3) is 0.438. The van der Waals surface area contributed by atoms with E-state index in [4.69, 9.17) is 0 Å². The summed E-state index contributed by atoms with van der Waals surface area (Å²) in [5, 5.41) is 7.22. The standard InChI is InChI=1S/C16H21N5OS/c1-12-4-3-5-14(19-12)9-17-16(22)21-6-7-23-11-15(21)13-8-18-20(2)10-13/h3-5,8,10,15H,6-7,9,11H2,1-2H3,(H,17,22)/t15-/m1/s1. The van der Waals surface area contributed by atoms with Crippen molar-refractivity contribution in [3.05, 3.63) is 47.5 Å². The lowest BCUT2D eigenvalue weighted by Crippen LogP contribution is -2.46. The third kappa shape index (κ3) is 3.85. The molecule has 1 aliphatic heterocycles. The van der Waals surface area contributed by atoms with E-state index < -0.39 is 0 Å². The van der Waals surface area contributed by atoms with Gasteiger partial charge in [0.15, 0.2) is 0 Å². The van der Waals surface area contributed by atoms with Gasteiger partial charge in [0.1, 0.15) is 0 Å². The molecule has 0 aliphatic carbocycles. The summed E-state index contributed by atoms with van der Waals surface area (Å²) in [6, 6.07) is 5.87. The van der Waals surface area contributed by atoms with E-state index in [-0.39, 0.29) is 12.1 Å². The third-order valence-corrected chi connectivity index (χ3v) is 4.89. The van der Waals surface area contributed by atoms with Crippen LogP contribution < -0.4 is 5.32 Å². The summed E-state index contributed by atoms with van der Waals surface area (Å²) in [4.78, 5) is 18.9. The second kappa shape index (κ2) is 7.04. The molecule has 23 heavy (non-hydrogen) atoms. The molecule has 1 atom stereocenters. The molecule has 1 aliphatic rings. The van der Waals surface area contributed by atoms with Gasteiger partial charge in [-0.25, -0.2) is 4.79 Å². The fourth-order valence-corrected chi connectivity index (χ4v) is 3.79. The van der Waals surface area contributed by atoms with Gasteiger partial charge >= 0.3 is 6.03 Å². The quantitative estimate of drug-likeness (QED) is 0.936. The summed E-state index contributed by atoms with van der Waals surface area (Å²) in [6.45, 7) is 3.15. The number of urea groups is 1. The molecule has 3 heterocycles. The number of aromatic nitrogens is 3. The molecule has 0 saturated carbocycles. The Balaban J connectivity index is 1.66. The first-order valence-corrected chi connectivity index (χ1v) is 8.82. The summed E-state index contributed by atoms with van der Waals surface area (Å²) >= 11 is 1.87. The van der Waals surface area contributed by atoms with Gasteiger partial charge in [0.05, 0.1) is 24.5 Å². The van der Waals surface area contributed by atoms with Crippen LogP contribution in [0.15, 0.2) is 30.6 Å². The maximum atomic E-state index is 12.6. The predicted octanol–water partition coefficient (Wildman–Crippen LogP) is 2.12. The average molecular weight is 331 g/mol. The van der Waals surface area contributed by atoms with Crippen LogP contribution in [0.1, 0.15) is 23.0 Å². The lowest BCUT2D eigenvalue weighted by atomic mass is 10.1. The fourth-order valence-electron chi connectivity index (χ4n) is 2.70. The van der Waals surface area contributed by atoms with E-state index in [1.165, 1.54) is 0 Å². The second-order valence-electron chi connectivity index (χ2n) is 5.66. The third-order valence-electron chi connectivity index (χ3n) is 3.87. The zero-order chi connectivity index (χ0) is 16.2. The Morgan fingerprint density at radius 3 is 3.09 bits per heavy atom. The van der Waals surface area contributed by atoms with Crippen molar-refractivity contribution >= 4 is 17.8 Å². The molecule has 122 valence electrons. The van der Waals surface area contributed by atoms with Crippen molar-refractivity contribution in [3.8, 4) is 0 Å². The Kier molecular flexibility index (Phi) is 4.85. The maximum absolute atomic E-state index is 12.6. The van der Waals surface area contributed by atoms with Crippen molar-refractivity contribution in [1.29, 1.82) is 0 Å². The summed E-state index contributed by atoms with van der Waals surface area (Å²) in [5.74, 6) is 1.87. The molecule has 0 bridgehead atoms. The highest BCUT2D eigenvalue weighted by Crippen LogP contribution is 2.29. The van der Waals surface area contributed by atoms with Crippen molar-refractivity contribution in [3.63, 3.8) is 0 Å². The van der Waals surface area contributed by atoms with E-state index in [9.17, 15) is 4.79 Å². The predicted molar refractivity (Wildman–Crippen MR) is 91.2 cm³/mol. The first-order chi connectivity index (χ1) is 11.1. The lowest BCUT2D eigenvalue weighted by Gasteiger charge is -2.34. The highest BCUT2D eigenvalue weighted by Gasteiger charge is 2.29. The number of thioether (sulfide) groups is 1. The number of carbonyl (C=O) groups is 1. The van der Waals surface area contributed by atoms with Crippen LogP contribution in [0, 0.1) is 6.92 Å². The van der Waals surface area contributed by atoms with Gasteiger partial charge in [0.25, 0.3) is 0 Å². The van der Waals surface area contributed by atoms with Crippen molar-refractivity contribution in [2.45, 2.75) is 19.5 Å². The number of aryl methyl sites for hydroxylation is 2. The van der Waals surface area contributed by atoms with Crippen LogP contribution in [-0.2, 0) is 13.6 Å². The topological polar surface area (TPSA) is 63.1 Å². The number of nitrogens with zero attached hydrogens (tertiary/aromatic N) is 4. The molecule has 0 radical (unpaired) electrons. The first-order valence-electron chi connectivity index (χ1n) is 7.67. The molecular weight excluding hydrogens is 310 g/mol. The molecule has 3 rings (SSSR count). The molecule has 0 spiro atoms.